The van der Waals surface area contributed by atoms with Crippen LogP contribution in [0.3, 0.4) is 0 Å². The van der Waals surface area contributed by atoms with E-state index in [1.165, 1.54) is 17.1 Å². The quantitative estimate of drug-likeness (QED) is 0.555. The zero-order valence-corrected chi connectivity index (χ0v) is 19.4. The fourth-order valence-electron chi connectivity index (χ4n) is 3.65. The zero-order chi connectivity index (χ0) is 25.3. The molecule has 0 saturated carbocycles. The van der Waals surface area contributed by atoms with Crippen molar-refractivity contribution in [2.45, 2.75) is 45.9 Å². The first-order valence-corrected chi connectivity index (χ1v) is 10.9. The predicted molar refractivity (Wildman–Crippen MR) is 120 cm³/mol. The minimum absolute atomic E-state index is 0.0300. The van der Waals surface area contributed by atoms with Gasteiger partial charge in [0.25, 0.3) is 5.91 Å². The second-order valence-corrected chi connectivity index (χ2v) is 9.25. The van der Waals surface area contributed by atoms with E-state index in [0.717, 1.165) is 23.3 Å². The largest absolute Gasteiger partial charge is 0.444 e. The van der Waals surface area contributed by atoms with E-state index >= 15 is 0 Å². The number of pyridine rings is 1. The fraction of sp³-hybridized carbons (Fsp3) is 0.333. The molecule has 3 heterocycles. The van der Waals surface area contributed by atoms with Crippen LogP contribution in [-0.4, -0.2) is 43.6 Å². The minimum Gasteiger partial charge on any atom is -0.444 e. The molecule has 1 N–H and O–H groups in total. The van der Waals surface area contributed by atoms with Crippen LogP contribution >= 0.6 is 0 Å². The standard InChI is InChI=1S/C24H24F3N5O3/c1-24(2,3)35-23(34)32-5-4-15-8-19(28-9-16(15)11-32)22(33)30-20-12-31(13-29-20)10-14-6-17(25)21(27)18(26)7-14/h6-9,12-13H,4-5,10-11H2,1-3H3,(H,30,33). The molecule has 1 aliphatic heterocycles. The van der Waals surface area contributed by atoms with Gasteiger partial charge in [-0.05, 0) is 62.1 Å². The van der Waals surface area contributed by atoms with Gasteiger partial charge >= 0.3 is 6.09 Å². The molecule has 0 spiro atoms. The summed E-state index contributed by atoms with van der Waals surface area (Å²) in [5.41, 5.74) is 1.55. The first kappa shape index (κ1) is 24.2. The molecule has 0 atom stereocenters. The average Bonchev–Trinajstić information content (AvgIpc) is 3.22. The fourth-order valence-corrected chi connectivity index (χ4v) is 3.65. The Bertz CT molecular complexity index is 1260. The van der Waals surface area contributed by atoms with Gasteiger partial charge in [-0.1, -0.05) is 0 Å². The molecule has 2 amide bonds. The van der Waals surface area contributed by atoms with E-state index in [1.54, 1.807) is 37.9 Å². The first-order valence-electron chi connectivity index (χ1n) is 10.9. The molecule has 0 unspecified atom stereocenters. The average molecular weight is 487 g/mol. The van der Waals surface area contributed by atoms with Gasteiger partial charge in [-0.15, -0.1) is 0 Å². The van der Waals surface area contributed by atoms with Crippen molar-refractivity contribution in [2.75, 3.05) is 11.9 Å². The summed E-state index contributed by atoms with van der Waals surface area (Å²) in [6, 6.07) is 3.48. The Balaban J connectivity index is 1.39. The van der Waals surface area contributed by atoms with Crippen molar-refractivity contribution in [1.29, 1.82) is 0 Å². The Morgan fingerprint density at radius 1 is 1.09 bits per heavy atom. The van der Waals surface area contributed by atoms with Gasteiger partial charge in [-0.25, -0.2) is 22.9 Å². The summed E-state index contributed by atoms with van der Waals surface area (Å²) in [6.45, 7) is 6.25. The van der Waals surface area contributed by atoms with Crippen LogP contribution in [0.5, 0.6) is 0 Å². The lowest BCUT2D eigenvalue weighted by atomic mass is 10.0. The molecule has 8 nitrogen and oxygen atoms in total. The number of carbonyl (C=O) groups is 2. The third-order valence-electron chi connectivity index (χ3n) is 5.26. The number of carbonyl (C=O) groups excluding carboxylic acids is 2. The van der Waals surface area contributed by atoms with Crippen molar-refractivity contribution in [2.24, 2.45) is 0 Å². The number of anilines is 1. The Labute approximate surface area is 199 Å². The van der Waals surface area contributed by atoms with Crippen molar-refractivity contribution in [3.63, 3.8) is 0 Å². The monoisotopic (exact) mass is 487 g/mol. The van der Waals surface area contributed by atoms with E-state index < -0.39 is 35.1 Å². The molecule has 11 heteroatoms. The van der Waals surface area contributed by atoms with E-state index in [1.807, 2.05) is 0 Å². The number of ether oxygens (including phenoxy) is 1. The lowest BCUT2D eigenvalue weighted by Gasteiger charge is -2.31. The van der Waals surface area contributed by atoms with E-state index in [-0.39, 0.29) is 23.6 Å². The van der Waals surface area contributed by atoms with E-state index in [0.29, 0.717) is 19.5 Å². The first-order chi connectivity index (χ1) is 16.5. The minimum atomic E-state index is -1.53. The number of hydrogen-bond acceptors (Lipinski definition) is 5. The lowest BCUT2D eigenvalue weighted by Crippen LogP contribution is -2.40. The van der Waals surface area contributed by atoms with E-state index in [9.17, 15) is 22.8 Å². The highest BCUT2D eigenvalue weighted by atomic mass is 19.2. The summed E-state index contributed by atoms with van der Waals surface area (Å²) < 4.78 is 46.9. The van der Waals surface area contributed by atoms with Crippen molar-refractivity contribution >= 4 is 17.8 Å². The van der Waals surface area contributed by atoms with Crippen LogP contribution < -0.4 is 5.32 Å². The van der Waals surface area contributed by atoms with Crippen LogP contribution in [0.2, 0.25) is 0 Å². The molecule has 0 saturated heterocycles. The molecule has 35 heavy (non-hydrogen) atoms. The van der Waals surface area contributed by atoms with Gasteiger partial charge in [-0.3, -0.25) is 9.78 Å². The number of aromatic nitrogens is 3. The third kappa shape index (κ3) is 5.79. The number of fused-ring (bicyclic) bond motifs is 1. The number of hydrogen-bond donors (Lipinski definition) is 1. The molecule has 0 aliphatic carbocycles. The number of nitrogens with one attached hydrogen (secondary N) is 1. The lowest BCUT2D eigenvalue weighted by molar-refractivity contribution is 0.0223. The second kappa shape index (κ2) is 9.40. The van der Waals surface area contributed by atoms with Crippen molar-refractivity contribution in [1.82, 2.24) is 19.4 Å². The summed E-state index contributed by atoms with van der Waals surface area (Å²) in [4.78, 5) is 34.9. The SMILES string of the molecule is CC(C)(C)OC(=O)N1CCc2cc(C(=O)Nc3cn(Cc4cc(F)c(F)c(F)c4)cn3)ncc2C1. The van der Waals surface area contributed by atoms with Gasteiger partial charge < -0.3 is 19.5 Å². The molecule has 2 aromatic heterocycles. The Morgan fingerprint density at radius 3 is 2.49 bits per heavy atom. The molecule has 0 fully saturated rings. The van der Waals surface area contributed by atoms with Crippen LogP contribution in [0.1, 0.15) is 48.0 Å². The summed E-state index contributed by atoms with van der Waals surface area (Å²) in [7, 11) is 0. The van der Waals surface area contributed by atoms with Crippen LogP contribution in [0.4, 0.5) is 23.8 Å². The molecule has 4 rings (SSSR count). The highest BCUT2D eigenvalue weighted by molar-refractivity contribution is 6.02. The molecule has 0 radical (unpaired) electrons. The van der Waals surface area contributed by atoms with Crippen molar-refractivity contribution in [3.05, 3.63) is 76.8 Å². The van der Waals surface area contributed by atoms with Gasteiger partial charge in [-0.2, -0.15) is 0 Å². The van der Waals surface area contributed by atoms with Gasteiger partial charge in [0.1, 0.15) is 11.3 Å². The molecule has 1 aliphatic rings. The molecule has 0 bridgehead atoms. The maximum atomic E-state index is 13.4. The van der Waals surface area contributed by atoms with Crippen LogP contribution in [0.25, 0.3) is 0 Å². The molecular formula is C24H24F3N5O3. The Morgan fingerprint density at radius 2 is 1.80 bits per heavy atom. The maximum absolute atomic E-state index is 13.4. The number of amides is 2. The van der Waals surface area contributed by atoms with Crippen molar-refractivity contribution in [3.8, 4) is 0 Å². The maximum Gasteiger partial charge on any atom is 0.410 e. The molecule has 184 valence electrons. The van der Waals surface area contributed by atoms with Crippen molar-refractivity contribution < 1.29 is 27.5 Å². The van der Waals surface area contributed by atoms with E-state index in [4.69, 9.17) is 4.74 Å². The molecule has 3 aromatic rings. The highest BCUT2D eigenvalue weighted by Gasteiger charge is 2.26. The van der Waals surface area contributed by atoms with E-state index in [2.05, 4.69) is 15.3 Å². The van der Waals surface area contributed by atoms with Crippen LogP contribution in [-0.2, 0) is 24.2 Å². The summed E-state index contributed by atoms with van der Waals surface area (Å²) in [6.07, 6.45) is 4.58. The normalized spacial score (nSPS) is 13.4. The number of halogens is 3. The van der Waals surface area contributed by atoms with Gasteiger partial charge in [0.2, 0.25) is 0 Å². The number of benzene rings is 1. The van der Waals surface area contributed by atoms with Crippen LogP contribution in [0.15, 0.2) is 36.9 Å². The smallest absolute Gasteiger partial charge is 0.410 e. The Hall–Kier alpha value is -3.89. The molecular weight excluding hydrogens is 463 g/mol. The molecule has 1 aromatic carbocycles. The second-order valence-electron chi connectivity index (χ2n) is 9.25. The Kier molecular flexibility index (Phi) is 6.51. The summed E-state index contributed by atoms with van der Waals surface area (Å²) in [5.74, 6) is -4.34. The summed E-state index contributed by atoms with van der Waals surface area (Å²) in [5, 5.41) is 2.63. The zero-order valence-electron chi connectivity index (χ0n) is 19.4. The number of imidazole rings is 1. The number of nitrogens with zero attached hydrogens (tertiary/aromatic N) is 4. The predicted octanol–water partition coefficient (Wildman–Crippen LogP) is 4.29. The number of rotatable bonds is 4. The topological polar surface area (TPSA) is 89.4 Å². The van der Waals surface area contributed by atoms with Gasteiger partial charge in [0.15, 0.2) is 23.3 Å². The highest BCUT2D eigenvalue weighted by Crippen LogP contribution is 2.22. The van der Waals surface area contributed by atoms with Crippen LogP contribution in [0, 0.1) is 17.5 Å². The summed E-state index contributed by atoms with van der Waals surface area (Å²) >= 11 is 0. The van der Waals surface area contributed by atoms with Gasteiger partial charge in [0, 0.05) is 25.5 Å². The third-order valence-corrected chi connectivity index (χ3v) is 5.26. The van der Waals surface area contributed by atoms with Gasteiger partial charge in [0.05, 0.1) is 12.9 Å².